The lowest BCUT2D eigenvalue weighted by molar-refractivity contribution is 0.896. The van der Waals surface area contributed by atoms with Crippen LogP contribution in [0.3, 0.4) is 0 Å². The smallest absolute Gasteiger partial charge is 0.137 e. The Hall–Kier alpha value is -1.68. The maximum absolute atomic E-state index is 6.11. The lowest BCUT2D eigenvalue weighted by Crippen LogP contribution is -2.06. The van der Waals surface area contributed by atoms with Gasteiger partial charge in [0.25, 0.3) is 0 Å². The van der Waals surface area contributed by atoms with E-state index in [0.717, 1.165) is 35.5 Å². The molecule has 2 aromatic rings. The number of pyridine rings is 1. The molecular formula is C14H17ClN4. The Morgan fingerprint density at radius 2 is 2.05 bits per heavy atom. The maximum Gasteiger partial charge on any atom is 0.137 e. The van der Waals surface area contributed by atoms with Gasteiger partial charge in [-0.25, -0.2) is 9.97 Å². The van der Waals surface area contributed by atoms with Crippen molar-refractivity contribution in [1.29, 1.82) is 0 Å². The van der Waals surface area contributed by atoms with Crippen LogP contribution in [0.2, 0.25) is 5.15 Å². The molecule has 100 valence electrons. The van der Waals surface area contributed by atoms with Gasteiger partial charge in [0.2, 0.25) is 0 Å². The molecule has 0 aliphatic rings. The number of nitrogens with zero attached hydrogens (tertiary/aromatic N) is 3. The normalized spacial score (nSPS) is 10.5. The summed E-state index contributed by atoms with van der Waals surface area (Å²) >= 11 is 6.11. The summed E-state index contributed by atoms with van der Waals surface area (Å²) in [6.45, 7) is 4.76. The first-order valence-corrected chi connectivity index (χ1v) is 6.73. The van der Waals surface area contributed by atoms with Gasteiger partial charge in [0.05, 0.1) is 0 Å². The molecule has 0 saturated carbocycles. The second kappa shape index (κ2) is 6.48. The van der Waals surface area contributed by atoms with Crippen molar-refractivity contribution in [2.24, 2.45) is 0 Å². The summed E-state index contributed by atoms with van der Waals surface area (Å²) in [7, 11) is 0. The Kier molecular flexibility index (Phi) is 4.68. The van der Waals surface area contributed by atoms with Crippen molar-refractivity contribution in [1.82, 2.24) is 15.0 Å². The third-order valence-electron chi connectivity index (χ3n) is 2.83. The SMILES string of the molecule is CCCc1c(Cl)ncnc1NCc1ccc(C)nc1. The molecular weight excluding hydrogens is 260 g/mol. The Bertz CT molecular complexity index is 540. The highest BCUT2D eigenvalue weighted by Gasteiger charge is 2.08. The second-order valence-corrected chi connectivity index (χ2v) is 4.76. The fourth-order valence-corrected chi connectivity index (χ4v) is 2.03. The molecule has 0 amide bonds. The maximum atomic E-state index is 6.11. The molecule has 2 heterocycles. The molecule has 5 heteroatoms. The largest absolute Gasteiger partial charge is 0.366 e. The van der Waals surface area contributed by atoms with Gasteiger partial charge in [0.1, 0.15) is 17.3 Å². The molecule has 0 aromatic carbocycles. The standard InChI is InChI=1S/C14H17ClN4/c1-3-4-12-13(15)18-9-19-14(12)17-8-11-6-5-10(2)16-7-11/h5-7,9H,3-4,8H2,1-2H3,(H,17,18,19). The van der Waals surface area contributed by atoms with Crippen LogP contribution in [0.5, 0.6) is 0 Å². The zero-order valence-electron chi connectivity index (χ0n) is 11.2. The summed E-state index contributed by atoms with van der Waals surface area (Å²) in [6.07, 6.45) is 5.23. The number of halogens is 1. The van der Waals surface area contributed by atoms with Crippen molar-refractivity contribution in [2.75, 3.05) is 5.32 Å². The summed E-state index contributed by atoms with van der Waals surface area (Å²) in [6, 6.07) is 4.05. The van der Waals surface area contributed by atoms with Crippen LogP contribution in [0.15, 0.2) is 24.7 Å². The van der Waals surface area contributed by atoms with Crippen LogP contribution in [0, 0.1) is 6.92 Å². The molecule has 0 radical (unpaired) electrons. The molecule has 0 atom stereocenters. The molecule has 2 aromatic heterocycles. The molecule has 0 aliphatic heterocycles. The van der Waals surface area contributed by atoms with E-state index in [1.165, 1.54) is 6.33 Å². The van der Waals surface area contributed by atoms with E-state index in [1.54, 1.807) is 0 Å². The van der Waals surface area contributed by atoms with E-state index in [4.69, 9.17) is 11.6 Å². The van der Waals surface area contributed by atoms with Gasteiger partial charge in [0, 0.05) is 24.0 Å². The quantitative estimate of drug-likeness (QED) is 0.851. The van der Waals surface area contributed by atoms with Crippen molar-refractivity contribution < 1.29 is 0 Å². The first-order valence-electron chi connectivity index (χ1n) is 6.35. The molecule has 4 nitrogen and oxygen atoms in total. The van der Waals surface area contributed by atoms with Gasteiger partial charge in [-0.05, 0) is 25.0 Å². The van der Waals surface area contributed by atoms with E-state index < -0.39 is 0 Å². The first-order chi connectivity index (χ1) is 9.20. The number of hydrogen-bond acceptors (Lipinski definition) is 4. The van der Waals surface area contributed by atoms with E-state index >= 15 is 0 Å². The number of hydrogen-bond donors (Lipinski definition) is 1. The van der Waals surface area contributed by atoms with Gasteiger partial charge < -0.3 is 5.32 Å². The van der Waals surface area contributed by atoms with Gasteiger partial charge in [-0.2, -0.15) is 0 Å². The topological polar surface area (TPSA) is 50.7 Å². The monoisotopic (exact) mass is 276 g/mol. The number of nitrogens with one attached hydrogen (secondary N) is 1. The first kappa shape index (κ1) is 13.7. The van der Waals surface area contributed by atoms with E-state index in [2.05, 4.69) is 33.3 Å². The zero-order chi connectivity index (χ0) is 13.7. The number of aromatic nitrogens is 3. The molecule has 2 rings (SSSR count). The summed E-state index contributed by atoms with van der Waals surface area (Å²) in [5, 5.41) is 3.83. The van der Waals surface area contributed by atoms with Crippen LogP contribution in [0.4, 0.5) is 5.82 Å². The van der Waals surface area contributed by atoms with Gasteiger partial charge in [0.15, 0.2) is 0 Å². The molecule has 0 saturated heterocycles. The predicted molar refractivity (Wildman–Crippen MR) is 77.3 cm³/mol. The van der Waals surface area contributed by atoms with Gasteiger partial charge in [-0.1, -0.05) is 31.0 Å². The van der Waals surface area contributed by atoms with Crippen LogP contribution in [0.25, 0.3) is 0 Å². The number of anilines is 1. The Balaban J connectivity index is 2.10. The molecule has 19 heavy (non-hydrogen) atoms. The molecule has 0 spiro atoms. The minimum atomic E-state index is 0.529. The third-order valence-corrected chi connectivity index (χ3v) is 3.15. The highest BCUT2D eigenvalue weighted by molar-refractivity contribution is 6.30. The minimum absolute atomic E-state index is 0.529. The molecule has 0 aliphatic carbocycles. The van der Waals surface area contributed by atoms with Crippen molar-refractivity contribution in [3.63, 3.8) is 0 Å². The van der Waals surface area contributed by atoms with Crippen LogP contribution in [-0.2, 0) is 13.0 Å². The zero-order valence-corrected chi connectivity index (χ0v) is 11.9. The van der Waals surface area contributed by atoms with Gasteiger partial charge in [-0.15, -0.1) is 0 Å². The average molecular weight is 277 g/mol. The molecule has 0 fully saturated rings. The van der Waals surface area contributed by atoms with Crippen LogP contribution >= 0.6 is 11.6 Å². The second-order valence-electron chi connectivity index (χ2n) is 4.40. The van der Waals surface area contributed by atoms with Crippen molar-refractivity contribution in [2.45, 2.75) is 33.2 Å². The minimum Gasteiger partial charge on any atom is -0.366 e. The fraction of sp³-hybridized carbons (Fsp3) is 0.357. The van der Waals surface area contributed by atoms with Crippen LogP contribution in [0.1, 0.15) is 30.2 Å². The summed E-state index contributed by atoms with van der Waals surface area (Å²) in [5.41, 5.74) is 3.11. The van der Waals surface area contributed by atoms with Crippen molar-refractivity contribution in [3.05, 3.63) is 46.6 Å². The Labute approximate surface area is 118 Å². The summed E-state index contributed by atoms with van der Waals surface area (Å²) < 4.78 is 0. The van der Waals surface area contributed by atoms with E-state index in [9.17, 15) is 0 Å². The summed E-state index contributed by atoms with van der Waals surface area (Å²) in [5.74, 6) is 0.808. The van der Waals surface area contributed by atoms with Gasteiger partial charge >= 0.3 is 0 Å². The van der Waals surface area contributed by atoms with Crippen LogP contribution < -0.4 is 5.32 Å². The van der Waals surface area contributed by atoms with Crippen LogP contribution in [-0.4, -0.2) is 15.0 Å². The lowest BCUT2D eigenvalue weighted by atomic mass is 10.2. The lowest BCUT2D eigenvalue weighted by Gasteiger charge is -2.11. The van der Waals surface area contributed by atoms with E-state index in [1.807, 2.05) is 19.2 Å². The fourth-order valence-electron chi connectivity index (χ4n) is 1.80. The highest BCUT2D eigenvalue weighted by atomic mass is 35.5. The number of rotatable bonds is 5. The van der Waals surface area contributed by atoms with Crippen molar-refractivity contribution in [3.8, 4) is 0 Å². The van der Waals surface area contributed by atoms with E-state index in [-0.39, 0.29) is 0 Å². The van der Waals surface area contributed by atoms with E-state index in [0.29, 0.717) is 11.7 Å². The average Bonchev–Trinajstić information content (AvgIpc) is 2.41. The van der Waals surface area contributed by atoms with Crippen molar-refractivity contribution >= 4 is 17.4 Å². The molecule has 0 bridgehead atoms. The Morgan fingerprint density at radius 3 is 2.74 bits per heavy atom. The molecule has 1 N–H and O–H groups in total. The molecule has 0 unspecified atom stereocenters. The number of aryl methyl sites for hydroxylation is 1. The third kappa shape index (κ3) is 3.64. The highest BCUT2D eigenvalue weighted by Crippen LogP contribution is 2.21. The Morgan fingerprint density at radius 1 is 1.21 bits per heavy atom. The predicted octanol–water partition coefficient (Wildman–Crippen LogP) is 3.40. The van der Waals surface area contributed by atoms with Gasteiger partial charge in [-0.3, -0.25) is 4.98 Å². The summed E-state index contributed by atoms with van der Waals surface area (Å²) in [4.78, 5) is 12.6.